The van der Waals surface area contributed by atoms with E-state index in [9.17, 15) is 0 Å². The fourth-order valence-corrected chi connectivity index (χ4v) is 2.87. The van der Waals surface area contributed by atoms with E-state index in [4.69, 9.17) is 16.3 Å². The monoisotopic (exact) mass is 303 g/mol. The molecule has 1 atom stereocenters. The zero-order valence-electron chi connectivity index (χ0n) is 12.0. The fourth-order valence-electron chi connectivity index (χ4n) is 2.70. The molecular weight excluding hydrogens is 286 g/mol. The van der Waals surface area contributed by atoms with Gasteiger partial charge in [-0.05, 0) is 6.42 Å². The van der Waals surface area contributed by atoms with Gasteiger partial charge in [-0.25, -0.2) is 9.97 Å². The number of methoxy groups -OCH3 is 1. The lowest BCUT2D eigenvalue weighted by molar-refractivity contribution is 0.161. The summed E-state index contributed by atoms with van der Waals surface area (Å²) in [6, 6.07) is 11.8. The summed E-state index contributed by atoms with van der Waals surface area (Å²) >= 11 is 6.17. The van der Waals surface area contributed by atoms with Crippen LogP contribution in [0.15, 0.2) is 36.4 Å². The van der Waals surface area contributed by atoms with E-state index < -0.39 is 0 Å². The summed E-state index contributed by atoms with van der Waals surface area (Å²) < 4.78 is 5.24. The third-order valence-corrected chi connectivity index (χ3v) is 3.92. The summed E-state index contributed by atoms with van der Waals surface area (Å²) in [7, 11) is 1.75. The second kappa shape index (κ2) is 6.41. The largest absolute Gasteiger partial charge is 0.384 e. The van der Waals surface area contributed by atoms with Gasteiger partial charge in [-0.3, -0.25) is 0 Å². The number of hydrogen-bond donors (Lipinski definition) is 0. The lowest BCUT2D eigenvalue weighted by Gasteiger charge is -2.18. The third kappa shape index (κ3) is 3.34. The first kappa shape index (κ1) is 14.3. The molecule has 1 unspecified atom stereocenters. The molecule has 4 nitrogen and oxygen atoms in total. The molecule has 21 heavy (non-hydrogen) atoms. The summed E-state index contributed by atoms with van der Waals surface area (Å²) in [5, 5.41) is 0.481. The van der Waals surface area contributed by atoms with E-state index in [1.54, 1.807) is 7.11 Å². The molecule has 110 valence electrons. The van der Waals surface area contributed by atoms with Crippen molar-refractivity contribution >= 4 is 17.4 Å². The normalized spacial score (nSPS) is 18.2. The smallest absolute Gasteiger partial charge is 0.163 e. The Morgan fingerprint density at radius 3 is 2.86 bits per heavy atom. The first-order valence-electron chi connectivity index (χ1n) is 7.10. The van der Waals surface area contributed by atoms with Crippen LogP contribution in [0.4, 0.5) is 5.82 Å². The van der Waals surface area contributed by atoms with Crippen LogP contribution in [0.1, 0.15) is 6.42 Å². The van der Waals surface area contributed by atoms with Crippen LogP contribution in [0.5, 0.6) is 0 Å². The quantitative estimate of drug-likeness (QED) is 0.813. The number of halogens is 1. The zero-order chi connectivity index (χ0) is 14.7. The van der Waals surface area contributed by atoms with Gasteiger partial charge in [0.1, 0.15) is 11.0 Å². The van der Waals surface area contributed by atoms with E-state index in [1.807, 2.05) is 36.4 Å². The van der Waals surface area contributed by atoms with Gasteiger partial charge in [0.2, 0.25) is 0 Å². The predicted octanol–water partition coefficient (Wildman–Crippen LogP) is 3.27. The molecule has 1 aromatic heterocycles. The van der Waals surface area contributed by atoms with Crippen molar-refractivity contribution in [2.45, 2.75) is 6.42 Å². The first-order valence-corrected chi connectivity index (χ1v) is 7.48. The van der Waals surface area contributed by atoms with Crippen LogP contribution in [0, 0.1) is 5.92 Å². The van der Waals surface area contributed by atoms with Crippen LogP contribution < -0.4 is 4.90 Å². The highest BCUT2D eigenvalue weighted by atomic mass is 35.5. The number of hydrogen-bond acceptors (Lipinski definition) is 4. The van der Waals surface area contributed by atoms with Gasteiger partial charge >= 0.3 is 0 Å². The number of benzene rings is 1. The molecule has 0 N–H and O–H groups in total. The molecule has 0 amide bonds. The summed E-state index contributed by atoms with van der Waals surface area (Å²) in [5.74, 6) is 2.13. The Morgan fingerprint density at radius 1 is 1.29 bits per heavy atom. The van der Waals surface area contributed by atoms with Gasteiger partial charge in [-0.15, -0.1) is 0 Å². The molecule has 1 fully saturated rings. The highest BCUT2D eigenvalue weighted by Crippen LogP contribution is 2.26. The van der Waals surface area contributed by atoms with Crippen LogP contribution >= 0.6 is 11.6 Å². The molecule has 5 heteroatoms. The number of aromatic nitrogens is 2. The maximum absolute atomic E-state index is 6.17. The van der Waals surface area contributed by atoms with Gasteiger partial charge in [-0.1, -0.05) is 41.9 Å². The Bertz CT molecular complexity index is 606. The molecule has 0 spiro atoms. The lowest BCUT2D eigenvalue weighted by atomic mass is 10.1. The molecule has 2 heterocycles. The maximum Gasteiger partial charge on any atom is 0.163 e. The molecule has 1 aliphatic heterocycles. The molecule has 0 radical (unpaired) electrons. The molecule has 0 saturated carbocycles. The number of anilines is 1. The summed E-state index contributed by atoms with van der Waals surface area (Å²) in [5.41, 5.74) is 0.980. The van der Waals surface area contributed by atoms with Gasteiger partial charge in [0, 0.05) is 37.7 Å². The second-order valence-electron chi connectivity index (χ2n) is 5.29. The molecule has 2 aromatic rings. The Kier molecular flexibility index (Phi) is 4.36. The Balaban J connectivity index is 1.85. The minimum atomic E-state index is 0.481. The average molecular weight is 304 g/mol. The molecule has 1 aromatic carbocycles. The molecule has 1 aliphatic rings. The number of ether oxygens (including phenoxy) is 1. The first-order chi connectivity index (χ1) is 10.3. The minimum absolute atomic E-state index is 0.481. The van der Waals surface area contributed by atoms with Gasteiger partial charge in [0.25, 0.3) is 0 Å². The average Bonchev–Trinajstić information content (AvgIpc) is 2.97. The van der Waals surface area contributed by atoms with E-state index in [1.165, 1.54) is 0 Å². The highest BCUT2D eigenvalue weighted by molar-refractivity contribution is 6.29. The van der Waals surface area contributed by atoms with Gasteiger partial charge in [-0.2, -0.15) is 0 Å². The van der Waals surface area contributed by atoms with Crippen LogP contribution in [0.25, 0.3) is 11.4 Å². The molecule has 3 rings (SSSR count). The van der Waals surface area contributed by atoms with Crippen LogP contribution in [-0.4, -0.2) is 36.8 Å². The van der Waals surface area contributed by atoms with E-state index >= 15 is 0 Å². The van der Waals surface area contributed by atoms with Gasteiger partial charge < -0.3 is 9.64 Å². The SMILES string of the molecule is COCC1CCN(c2cc(Cl)nc(-c3ccccc3)n2)C1. The summed E-state index contributed by atoms with van der Waals surface area (Å²) in [6.45, 7) is 2.73. The molecule has 0 aliphatic carbocycles. The van der Waals surface area contributed by atoms with Crippen molar-refractivity contribution in [2.24, 2.45) is 5.92 Å². The summed E-state index contributed by atoms with van der Waals surface area (Å²) in [4.78, 5) is 11.3. The standard InChI is InChI=1S/C16H18ClN3O/c1-21-11-12-7-8-20(10-12)15-9-14(17)18-16(19-15)13-5-3-2-4-6-13/h2-6,9,12H,7-8,10-11H2,1H3. The van der Waals surface area contributed by atoms with Crippen molar-refractivity contribution in [3.05, 3.63) is 41.6 Å². The van der Waals surface area contributed by atoms with Crippen molar-refractivity contribution < 1.29 is 4.74 Å². The number of nitrogens with zero attached hydrogens (tertiary/aromatic N) is 3. The van der Waals surface area contributed by atoms with Gasteiger partial charge in [0.05, 0.1) is 6.61 Å². The van der Waals surface area contributed by atoms with Gasteiger partial charge in [0.15, 0.2) is 5.82 Å². The van der Waals surface area contributed by atoms with Crippen LogP contribution in [0.2, 0.25) is 5.15 Å². The fraction of sp³-hybridized carbons (Fsp3) is 0.375. The maximum atomic E-state index is 6.17. The number of rotatable bonds is 4. The Labute approximate surface area is 129 Å². The molecular formula is C16H18ClN3O. The van der Waals surface area contributed by atoms with Crippen molar-refractivity contribution in [2.75, 3.05) is 31.7 Å². The van der Waals surface area contributed by atoms with E-state index in [0.29, 0.717) is 16.9 Å². The minimum Gasteiger partial charge on any atom is -0.384 e. The highest BCUT2D eigenvalue weighted by Gasteiger charge is 2.24. The second-order valence-corrected chi connectivity index (χ2v) is 5.68. The van der Waals surface area contributed by atoms with Crippen molar-refractivity contribution in [3.63, 3.8) is 0 Å². The molecule has 0 bridgehead atoms. The van der Waals surface area contributed by atoms with Crippen molar-refractivity contribution in [1.29, 1.82) is 0 Å². The topological polar surface area (TPSA) is 38.2 Å². The Hall–Kier alpha value is -1.65. The van der Waals surface area contributed by atoms with Crippen LogP contribution in [-0.2, 0) is 4.74 Å². The summed E-state index contributed by atoms with van der Waals surface area (Å²) in [6.07, 6.45) is 1.12. The van der Waals surface area contributed by atoms with E-state index in [0.717, 1.165) is 37.5 Å². The lowest BCUT2D eigenvalue weighted by Crippen LogP contribution is -2.22. The Morgan fingerprint density at radius 2 is 2.10 bits per heavy atom. The molecule has 1 saturated heterocycles. The zero-order valence-corrected chi connectivity index (χ0v) is 12.8. The van der Waals surface area contributed by atoms with E-state index in [2.05, 4.69) is 14.9 Å². The van der Waals surface area contributed by atoms with E-state index in [-0.39, 0.29) is 0 Å². The van der Waals surface area contributed by atoms with Crippen molar-refractivity contribution in [3.8, 4) is 11.4 Å². The van der Waals surface area contributed by atoms with Crippen molar-refractivity contribution in [1.82, 2.24) is 9.97 Å². The predicted molar refractivity (Wildman–Crippen MR) is 84.7 cm³/mol. The third-order valence-electron chi connectivity index (χ3n) is 3.73. The van der Waals surface area contributed by atoms with Crippen LogP contribution in [0.3, 0.4) is 0 Å².